The van der Waals surface area contributed by atoms with Crippen molar-refractivity contribution < 1.29 is 0 Å². The summed E-state index contributed by atoms with van der Waals surface area (Å²) in [4.78, 5) is 5.43. The third-order valence-corrected chi connectivity index (χ3v) is 6.02. The Labute approximate surface area is 124 Å². The molecule has 0 amide bonds. The molecular formula is C17H33N3. The van der Waals surface area contributed by atoms with Crippen LogP contribution >= 0.6 is 0 Å². The molecule has 2 aliphatic heterocycles. The van der Waals surface area contributed by atoms with Gasteiger partial charge in [-0.25, -0.2) is 0 Å². The maximum atomic E-state index is 6.55. The fraction of sp³-hybridized carbons (Fsp3) is 1.00. The van der Waals surface area contributed by atoms with Crippen LogP contribution in [-0.2, 0) is 0 Å². The Morgan fingerprint density at radius 3 is 2.55 bits per heavy atom. The van der Waals surface area contributed by atoms with Gasteiger partial charge in [-0.05, 0) is 45.1 Å². The van der Waals surface area contributed by atoms with Gasteiger partial charge in [0.1, 0.15) is 0 Å². The Morgan fingerprint density at radius 2 is 1.75 bits per heavy atom. The average Bonchev–Trinajstić information content (AvgIpc) is 2.49. The highest BCUT2D eigenvalue weighted by atomic mass is 15.3. The number of nitrogens with two attached hydrogens (primary N) is 1. The van der Waals surface area contributed by atoms with E-state index in [0.29, 0.717) is 12.1 Å². The minimum atomic E-state index is 0.410. The summed E-state index contributed by atoms with van der Waals surface area (Å²) in [6, 6.07) is 1.92. The quantitative estimate of drug-likeness (QED) is 0.861. The van der Waals surface area contributed by atoms with E-state index < -0.39 is 0 Å². The number of hydrogen-bond donors (Lipinski definition) is 1. The first kappa shape index (κ1) is 14.8. The van der Waals surface area contributed by atoms with E-state index in [2.05, 4.69) is 16.7 Å². The summed E-state index contributed by atoms with van der Waals surface area (Å²) in [7, 11) is 0. The van der Waals surface area contributed by atoms with Crippen molar-refractivity contribution in [3.8, 4) is 0 Å². The van der Waals surface area contributed by atoms with Gasteiger partial charge in [0.05, 0.1) is 0 Å². The average molecular weight is 279 g/mol. The summed E-state index contributed by atoms with van der Waals surface area (Å²) in [5.41, 5.74) is 6.55. The van der Waals surface area contributed by atoms with E-state index in [1.54, 1.807) is 0 Å². The van der Waals surface area contributed by atoms with Crippen LogP contribution in [0.15, 0.2) is 0 Å². The van der Waals surface area contributed by atoms with Crippen molar-refractivity contribution in [2.45, 2.75) is 76.4 Å². The molecule has 3 aliphatic rings. The fourth-order valence-corrected chi connectivity index (χ4v) is 4.65. The normalized spacial score (nSPS) is 35.7. The molecule has 3 heteroatoms. The lowest BCUT2D eigenvalue weighted by Crippen LogP contribution is -2.60. The number of hydrogen-bond acceptors (Lipinski definition) is 3. The number of fused-ring (bicyclic) bond motifs is 1. The first-order valence-electron chi connectivity index (χ1n) is 8.97. The maximum Gasteiger partial charge on any atom is 0.0223 e. The molecule has 2 heterocycles. The lowest BCUT2D eigenvalue weighted by atomic mass is 9.83. The molecule has 2 N–H and O–H groups in total. The first-order valence-corrected chi connectivity index (χ1v) is 8.97. The van der Waals surface area contributed by atoms with Crippen molar-refractivity contribution in [3.05, 3.63) is 0 Å². The van der Waals surface area contributed by atoms with Gasteiger partial charge in [-0.2, -0.15) is 0 Å². The van der Waals surface area contributed by atoms with Crippen molar-refractivity contribution >= 4 is 0 Å². The molecule has 0 aromatic carbocycles. The van der Waals surface area contributed by atoms with E-state index in [9.17, 15) is 0 Å². The third-order valence-electron chi connectivity index (χ3n) is 6.02. The smallest absolute Gasteiger partial charge is 0.0223 e. The molecule has 0 spiro atoms. The number of rotatable bonds is 3. The number of piperidine rings is 1. The van der Waals surface area contributed by atoms with Crippen molar-refractivity contribution in [1.29, 1.82) is 0 Å². The van der Waals surface area contributed by atoms with Gasteiger partial charge in [-0.3, -0.25) is 9.80 Å². The SMILES string of the molecule is CC1CN2CCCCC2CN1CC(N)C1CCCCC1. The second kappa shape index (κ2) is 6.76. The monoisotopic (exact) mass is 279 g/mol. The Bertz CT molecular complexity index is 301. The van der Waals surface area contributed by atoms with Crippen molar-refractivity contribution in [3.63, 3.8) is 0 Å². The Kier molecular flexibility index (Phi) is 5.00. The molecule has 0 bridgehead atoms. The summed E-state index contributed by atoms with van der Waals surface area (Å²) in [6.45, 7) is 7.40. The van der Waals surface area contributed by atoms with Crippen molar-refractivity contribution in [1.82, 2.24) is 9.80 Å². The molecular weight excluding hydrogens is 246 g/mol. The van der Waals surface area contributed by atoms with Gasteiger partial charge >= 0.3 is 0 Å². The molecule has 116 valence electrons. The molecule has 3 nitrogen and oxygen atoms in total. The lowest BCUT2D eigenvalue weighted by molar-refractivity contribution is 0.00875. The fourth-order valence-electron chi connectivity index (χ4n) is 4.65. The highest BCUT2D eigenvalue weighted by Gasteiger charge is 2.34. The van der Waals surface area contributed by atoms with E-state index in [4.69, 9.17) is 5.73 Å². The number of nitrogens with zero attached hydrogens (tertiary/aromatic N) is 2. The Morgan fingerprint density at radius 1 is 1.00 bits per heavy atom. The topological polar surface area (TPSA) is 32.5 Å². The van der Waals surface area contributed by atoms with Crippen molar-refractivity contribution in [2.24, 2.45) is 11.7 Å². The van der Waals surface area contributed by atoms with Crippen LogP contribution in [0.25, 0.3) is 0 Å². The van der Waals surface area contributed by atoms with Crippen LogP contribution in [0.3, 0.4) is 0 Å². The molecule has 3 rings (SSSR count). The summed E-state index contributed by atoms with van der Waals surface area (Å²) < 4.78 is 0. The zero-order valence-electron chi connectivity index (χ0n) is 13.3. The van der Waals surface area contributed by atoms with Crippen LogP contribution in [0.5, 0.6) is 0 Å². The van der Waals surface area contributed by atoms with Crippen molar-refractivity contribution in [2.75, 3.05) is 26.2 Å². The highest BCUT2D eigenvalue weighted by molar-refractivity contribution is 4.91. The molecule has 3 fully saturated rings. The predicted octanol–water partition coefficient (Wildman–Crippen LogP) is 2.45. The van der Waals surface area contributed by atoms with Crippen LogP contribution in [0, 0.1) is 5.92 Å². The van der Waals surface area contributed by atoms with Crippen LogP contribution in [0.1, 0.15) is 58.3 Å². The van der Waals surface area contributed by atoms with Gasteiger partial charge in [0, 0.05) is 37.8 Å². The minimum absolute atomic E-state index is 0.410. The van der Waals surface area contributed by atoms with Gasteiger partial charge < -0.3 is 5.73 Å². The summed E-state index contributed by atoms with van der Waals surface area (Å²) >= 11 is 0. The van der Waals surface area contributed by atoms with Crippen LogP contribution in [0.4, 0.5) is 0 Å². The molecule has 3 atom stereocenters. The molecule has 0 aromatic rings. The van der Waals surface area contributed by atoms with Gasteiger partial charge in [0.15, 0.2) is 0 Å². The molecule has 0 radical (unpaired) electrons. The van der Waals surface area contributed by atoms with Crippen LogP contribution in [-0.4, -0.2) is 54.1 Å². The second-order valence-electron chi connectivity index (χ2n) is 7.51. The van der Waals surface area contributed by atoms with Gasteiger partial charge in [-0.15, -0.1) is 0 Å². The second-order valence-corrected chi connectivity index (χ2v) is 7.51. The van der Waals surface area contributed by atoms with E-state index in [0.717, 1.165) is 18.5 Å². The van der Waals surface area contributed by atoms with E-state index in [1.807, 2.05) is 0 Å². The third kappa shape index (κ3) is 3.37. The Hall–Kier alpha value is -0.120. The standard InChI is InChI=1S/C17H33N3/c1-14-11-19-10-6-5-9-16(19)12-20(14)13-17(18)15-7-3-2-4-8-15/h14-17H,2-13,18H2,1H3. The van der Waals surface area contributed by atoms with Crippen LogP contribution < -0.4 is 5.73 Å². The summed E-state index contributed by atoms with van der Waals surface area (Å²) in [5.74, 6) is 0.792. The summed E-state index contributed by atoms with van der Waals surface area (Å²) in [6.07, 6.45) is 11.2. The van der Waals surface area contributed by atoms with Gasteiger partial charge in [0.2, 0.25) is 0 Å². The van der Waals surface area contributed by atoms with E-state index in [-0.39, 0.29) is 0 Å². The first-order chi connectivity index (χ1) is 9.74. The molecule has 3 unspecified atom stereocenters. The molecule has 1 aliphatic carbocycles. The largest absolute Gasteiger partial charge is 0.326 e. The van der Waals surface area contributed by atoms with E-state index >= 15 is 0 Å². The zero-order chi connectivity index (χ0) is 13.9. The minimum Gasteiger partial charge on any atom is -0.326 e. The molecule has 1 saturated carbocycles. The highest BCUT2D eigenvalue weighted by Crippen LogP contribution is 2.28. The lowest BCUT2D eigenvalue weighted by Gasteiger charge is -2.48. The maximum absolute atomic E-state index is 6.55. The van der Waals surface area contributed by atoms with Gasteiger partial charge in [0.25, 0.3) is 0 Å². The predicted molar refractivity (Wildman–Crippen MR) is 84.8 cm³/mol. The van der Waals surface area contributed by atoms with Crippen LogP contribution in [0.2, 0.25) is 0 Å². The summed E-state index contributed by atoms with van der Waals surface area (Å²) in [5, 5.41) is 0. The Balaban J connectivity index is 1.53. The van der Waals surface area contributed by atoms with Gasteiger partial charge in [-0.1, -0.05) is 25.7 Å². The number of piperazine rings is 1. The van der Waals surface area contributed by atoms with E-state index in [1.165, 1.54) is 71.0 Å². The molecule has 2 saturated heterocycles. The molecule has 20 heavy (non-hydrogen) atoms. The zero-order valence-corrected chi connectivity index (χ0v) is 13.3. The molecule has 0 aromatic heterocycles.